The molecule has 0 amide bonds. The molecule has 144 valence electrons. The third-order valence-corrected chi connectivity index (χ3v) is 5.18. The zero-order chi connectivity index (χ0) is 19.7. The molecule has 1 atom stereocenters. The average Bonchev–Trinajstić information content (AvgIpc) is 2.96. The number of hydrogen-bond donors (Lipinski definition) is 1. The predicted molar refractivity (Wildman–Crippen MR) is 110 cm³/mol. The van der Waals surface area contributed by atoms with Gasteiger partial charge in [-0.15, -0.1) is 0 Å². The van der Waals surface area contributed by atoms with E-state index in [1.807, 2.05) is 54.6 Å². The molecular weight excluding hydrogens is 336 g/mol. The molecule has 3 rings (SSSR count). The molecule has 1 N–H and O–H groups in total. The molecule has 1 aliphatic heterocycles. The van der Waals surface area contributed by atoms with Crippen molar-refractivity contribution >= 4 is 5.84 Å². The van der Waals surface area contributed by atoms with Gasteiger partial charge in [-0.05, 0) is 51.0 Å². The zero-order valence-corrected chi connectivity index (χ0v) is 16.9. The van der Waals surface area contributed by atoms with Gasteiger partial charge in [-0.25, -0.2) is 0 Å². The molecule has 1 unspecified atom stereocenters. The Hall–Kier alpha value is -2.33. The maximum atomic E-state index is 11.9. The molecule has 4 heteroatoms. The highest BCUT2D eigenvalue weighted by atomic mass is 16.5. The highest BCUT2D eigenvalue weighted by molar-refractivity contribution is 5.86. The van der Waals surface area contributed by atoms with E-state index in [0.29, 0.717) is 12.5 Å². The molecule has 0 radical (unpaired) electrons. The molecule has 2 aromatic carbocycles. The van der Waals surface area contributed by atoms with Crippen LogP contribution in [-0.4, -0.2) is 41.1 Å². The first-order valence-corrected chi connectivity index (χ1v) is 9.53. The van der Waals surface area contributed by atoms with Crippen LogP contribution in [0.1, 0.15) is 45.2 Å². The monoisotopic (exact) mass is 366 g/mol. The van der Waals surface area contributed by atoms with E-state index in [1.54, 1.807) is 7.11 Å². The molecule has 2 aromatic rings. The normalized spacial score (nSPS) is 18.3. The van der Waals surface area contributed by atoms with E-state index in [4.69, 9.17) is 9.73 Å². The summed E-state index contributed by atoms with van der Waals surface area (Å²) in [7, 11) is 1.65. The minimum Gasteiger partial charge on any atom is -0.497 e. The summed E-state index contributed by atoms with van der Waals surface area (Å²) < 4.78 is 5.28. The first kappa shape index (κ1) is 19.4. The van der Waals surface area contributed by atoms with Crippen molar-refractivity contribution in [2.75, 3.05) is 13.7 Å². The van der Waals surface area contributed by atoms with Gasteiger partial charge >= 0.3 is 0 Å². The number of ether oxygens (including phenoxy) is 1. The summed E-state index contributed by atoms with van der Waals surface area (Å²) in [6.07, 6.45) is 0.435. The van der Waals surface area contributed by atoms with Gasteiger partial charge in [-0.3, -0.25) is 4.99 Å². The number of hydrogen-bond acceptors (Lipinski definition) is 4. The Morgan fingerprint density at radius 2 is 1.67 bits per heavy atom. The second-order valence-electron chi connectivity index (χ2n) is 8.19. The number of nitrogens with zero attached hydrogens (tertiary/aromatic N) is 2. The summed E-state index contributed by atoms with van der Waals surface area (Å²) in [6.45, 7) is 9.50. The van der Waals surface area contributed by atoms with Crippen molar-refractivity contribution in [3.8, 4) is 5.75 Å². The fraction of sp³-hybridized carbons (Fsp3) is 0.435. The van der Waals surface area contributed by atoms with Crippen LogP contribution in [0.3, 0.4) is 0 Å². The highest BCUT2D eigenvalue weighted by Gasteiger charge is 2.39. The minimum atomic E-state index is -1.15. The van der Waals surface area contributed by atoms with E-state index < -0.39 is 5.60 Å². The minimum absolute atomic E-state index is 0.142. The Bertz CT molecular complexity index is 797. The third-order valence-electron chi connectivity index (χ3n) is 5.18. The first-order valence-electron chi connectivity index (χ1n) is 9.53. The molecular formula is C23H30N2O2. The van der Waals surface area contributed by atoms with Crippen LogP contribution in [0.25, 0.3) is 0 Å². The molecule has 0 spiro atoms. The maximum absolute atomic E-state index is 11.9. The number of aliphatic hydroxyl groups is 1. The van der Waals surface area contributed by atoms with Gasteiger partial charge in [-0.1, -0.05) is 42.5 Å². The van der Waals surface area contributed by atoms with Crippen molar-refractivity contribution in [3.63, 3.8) is 0 Å². The van der Waals surface area contributed by atoms with Crippen LogP contribution >= 0.6 is 0 Å². The first-order chi connectivity index (χ1) is 12.7. The topological polar surface area (TPSA) is 45.1 Å². The van der Waals surface area contributed by atoms with Crippen LogP contribution < -0.4 is 4.74 Å². The van der Waals surface area contributed by atoms with E-state index in [1.165, 1.54) is 0 Å². The maximum Gasteiger partial charge on any atom is 0.122 e. The lowest BCUT2D eigenvalue weighted by Crippen LogP contribution is -2.41. The van der Waals surface area contributed by atoms with Crippen molar-refractivity contribution in [3.05, 3.63) is 65.7 Å². The van der Waals surface area contributed by atoms with E-state index >= 15 is 0 Å². The Labute approximate surface area is 162 Å². The van der Waals surface area contributed by atoms with Gasteiger partial charge in [-0.2, -0.15) is 0 Å². The summed E-state index contributed by atoms with van der Waals surface area (Å²) in [5, 5.41) is 11.9. The highest BCUT2D eigenvalue weighted by Crippen LogP contribution is 2.37. The van der Waals surface area contributed by atoms with Crippen LogP contribution in [0, 0.1) is 0 Å². The molecule has 0 saturated heterocycles. The average molecular weight is 367 g/mol. The molecule has 0 saturated carbocycles. The zero-order valence-electron chi connectivity index (χ0n) is 16.9. The lowest BCUT2D eigenvalue weighted by atomic mass is 9.83. The standard InChI is InChI=1S/C23H30N2O2/c1-17(2)25-16-22(3,4)24-21(25)15-23(26,18-9-7-6-8-10-18)19-11-13-20(27-5)14-12-19/h6-14,17,26H,15-16H2,1-5H3. The molecule has 0 bridgehead atoms. The van der Waals surface area contributed by atoms with Crippen molar-refractivity contribution in [2.45, 2.75) is 51.3 Å². The Balaban J connectivity index is 2.05. The summed E-state index contributed by atoms with van der Waals surface area (Å²) in [5.41, 5.74) is 0.411. The number of amidine groups is 1. The molecule has 27 heavy (non-hydrogen) atoms. The number of methoxy groups -OCH3 is 1. The van der Waals surface area contributed by atoms with Crippen molar-refractivity contribution in [1.82, 2.24) is 4.90 Å². The molecule has 0 aliphatic carbocycles. The summed E-state index contributed by atoms with van der Waals surface area (Å²) in [5.74, 6) is 1.73. The van der Waals surface area contributed by atoms with Crippen molar-refractivity contribution in [1.29, 1.82) is 0 Å². The van der Waals surface area contributed by atoms with Gasteiger partial charge in [0.1, 0.15) is 17.2 Å². The van der Waals surface area contributed by atoms with E-state index in [2.05, 4.69) is 32.6 Å². The van der Waals surface area contributed by atoms with Gasteiger partial charge in [0.05, 0.1) is 12.6 Å². The van der Waals surface area contributed by atoms with Gasteiger partial charge < -0.3 is 14.7 Å². The Morgan fingerprint density at radius 1 is 1.07 bits per heavy atom. The van der Waals surface area contributed by atoms with Gasteiger partial charge in [0.25, 0.3) is 0 Å². The quantitative estimate of drug-likeness (QED) is 0.832. The van der Waals surface area contributed by atoms with Gasteiger partial charge in [0, 0.05) is 19.0 Å². The third kappa shape index (κ3) is 4.01. The summed E-state index contributed by atoms with van der Waals surface area (Å²) in [4.78, 5) is 7.25. The van der Waals surface area contributed by atoms with Crippen LogP contribution in [0.2, 0.25) is 0 Å². The van der Waals surface area contributed by atoms with E-state index in [-0.39, 0.29) is 5.54 Å². The molecule has 1 heterocycles. The Kier molecular flexibility index (Phi) is 5.29. The number of aliphatic imine (C=N–C) groups is 1. The lowest BCUT2D eigenvalue weighted by molar-refractivity contribution is 0.0854. The van der Waals surface area contributed by atoms with Crippen LogP contribution in [0.15, 0.2) is 59.6 Å². The second kappa shape index (κ2) is 7.35. The van der Waals surface area contributed by atoms with E-state index in [9.17, 15) is 5.11 Å². The van der Waals surface area contributed by atoms with Gasteiger partial charge in [0.15, 0.2) is 0 Å². The van der Waals surface area contributed by atoms with Gasteiger partial charge in [0.2, 0.25) is 0 Å². The summed E-state index contributed by atoms with van der Waals surface area (Å²) >= 11 is 0. The molecule has 4 nitrogen and oxygen atoms in total. The van der Waals surface area contributed by atoms with Crippen LogP contribution in [-0.2, 0) is 5.60 Å². The molecule has 1 aliphatic rings. The number of benzene rings is 2. The van der Waals surface area contributed by atoms with Crippen molar-refractivity contribution < 1.29 is 9.84 Å². The summed E-state index contributed by atoms with van der Waals surface area (Å²) in [6, 6.07) is 17.8. The fourth-order valence-electron chi connectivity index (χ4n) is 3.76. The van der Waals surface area contributed by atoms with Crippen molar-refractivity contribution in [2.24, 2.45) is 4.99 Å². The number of rotatable bonds is 6. The predicted octanol–water partition coefficient (Wildman–Crippen LogP) is 4.22. The lowest BCUT2D eigenvalue weighted by Gasteiger charge is -2.34. The fourth-order valence-corrected chi connectivity index (χ4v) is 3.76. The SMILES string of the molecule is COc1ccc(C(O)(CC2=NC(C)(C)CN2C(C)C)c2ccccc2)cc1. The smallest absolute Gasteiger partial charge is 0.122 e. The van der Waals surface area contributed by atoms with Crippen LogP contribution in [0.4, 0.5) is 0 Å². The molecule has 0 fully saturated rings. The largest absolute Gasteiger partial charge is 0.497 e. The van der Waals surface area contributed by atoms with Crippen LogP contribution in [0.5, 0.6) is 5.75 Å². The second-order valence-corrected chi connectivity index (χ2v) is 8.19. The molecule has 0 aromatic heterocycles. The van der Waals surface area contributed by atoms with E-state index in [0.717, 1.165) is 29.3 Å². The Morgan fingerprint density at radius 3 is 2.22 bits per heavy atom.